The van der Waals surface area contributed by atoms with Crippen molar-refractivity contribution in [2.75, 3.05) is 7.11 Å². The molecule has 0 bridgehead atoms. The molecule has 0 atom stereocenters. The minimum absolute atomic E-state index is 0.235. The van der Waals surface area contributed by atoms with Crippen LogP contribution in [0, 0.1) is 0 Å². The molecule has 6 nitrogen and oxygen atoms in total. The number of aromatic nitrogens is 2. The lowest BCUT2D eigenvalue weighted by Crippen LogP contribution is -2.22. The Balaban J connectivity index is 1.72. The summed E-state index contributed by atoms with van der Waals surface area (Å²) < 4.78 is 13.7. The van der Waals surface area contributed by atoms with E-state index in [1.807, 2.05) is 61.5 Å². The Morgan fingerprint density at radius 1 is 1.15 bits per heavy atom. The van der Waals surface area contributed by atoms with Crippen molar-refractivity contribution in [1.29, 1.82) is 0 Å². The topological polar surface area (TPSA) is 65.7 Å². The van der Waals surface area contributed by atoms with Crippen LogP contribution in [0.5, 0.6) is 11.5 Å². The quantitative estimate of drug-likeness (QED) is 0.284. The minimum atomic E-state index is -0.235. The SMILES string of the molecule is CCc1nc2ccc(Br)cc2c(=O)n1N=Cc1cccc(OC)c1OCc1ccc(Cl)cc1. The predicted octanol–water partition coefficient (Wildman–Crippen LogP) is 5.84. The molecule has 4 rings (SSSR count). The average molecular weight is 527 g/mol. The molecule has 0 saturated heterocycles. The van der Waals surface area contributed by atoms with Crippen LogP contribution in [0.15, 0.2) is 75.0 Å². The van der Waals surface area contributed by atoms with Gasteiger partial charge in [-0.05, 0) is 48.0 Å². The fourth-order valence-electron chi connectivity index (χ4n) is 3.35. The normalized spacial score (nSPS) is 11.3. The maximum Gasteiger partial charge on any atom is 0.282 e. The van der Waals surface area contributed by atoms with Crippen LogP contribution in [0.4, 0.5) is 0 Å². The van der Waals surface area contributed by atoms with E-state index in [4.69, 9.17) is 21.1 Å². The van der Waals surface area contributed by atoms with Crippen molar-refractivity contribution in [3.8, 4) is 11.5 Å². The summed E-state index contributed by atoms with van der Waals surface area (Å²) in [6.07, 6.45) is 2.14. The van der Waals surface area contributed by atoms with E-state index in [9.17, 15) is 4.79 Å². The predicted molar refractivity (Wildman–Crippen MR) is 135 cm³/mol. The van der Waals surface area contributed by atoms with E-state index < -0.39 is 0 Å². The number of fused-ring (bicyclic) bond motifs is 1. The molecule has 0 spiro atoms. The molecule has 1 aromatic heterocycles. The van der Waals surface area contributed by atoms with Crippen molar-refractivity contribution in [2.45, 2.75) is 20.0 Å². The Morgan fingerprint density at radius 2 is 1.94 bits per heavy atom. The Kier molecular flexibility index (Phi) is 7.11. The third-order valence-electron chi connectivity index (χ3n) is 5.03. The molecule has 0 fully saturated rings. The number of para-hydroxylation sites is 1. The summed E-state index contributed by atoms with van der Waals surface area (Å²) in [6, 6.07) is 18.4. The monoisotopic (exact) mass is 525 g/mol. The zero-order valence-electron chi connectivity index (χ0n) is 18.1. The lowest BCUT2D eigenvalue weighted by Gasteiger charge is -2.13. The Bertz CT molecular complexity index is 1380. The fraction of sp³-hybridized carbons (Fsp3) is 0.160. The second-order valence-corrected chi connectivity index (χ2v) is 8.55. The Hall–Kier alpha value is -3.16. The van der Waals surface area contributed by atoms with E-state index in [0.717, 1.165) is 10.0 Å². The van der Waals surface area contributed by atoms with Crippen LogP contribution in [0.2, 0.25) is 5.02 Å². The summed E-state index contributed by atoms with van der Waals surface area (Å²) in [5, 5.41) is 5.63. The van der Waals surface area contributed by atoms with Gasteiger partial charge in [-0.25, -0.2) is 4.98 Å². The van der Waals surface area contributed by atoms with E-state index in [0.29, 0.717) is 51.8 Å². The third-order valence-corrected chi connectivity index (χ3v) is 5.77. The highest BCUT2D eigenvalue weighted by atomic mass is 79.9. The van der Waals surface area contributed by atoms with Gasteiger partial charge in [-0.2, -0.15) is 9.78 Å². The molecule has 168 valence electrons. The lowest BCUT2D eigenvalue weighted by molar-refractivity contribution is 0.284. The number of rotatable bonds is 7. The van der Waals surface area contributed by atoms with Crippen LogP contribution in [-0.2, 0) is 13.0 Å². The second-order valence-electron chi connectivity index (χ2n) is 7.20. The molecule has 8 heteroatoms. The number of benzene rings is 3. The van der Waals surface area contributed by atoms with Crippen molar-refractivity contribution < 1.29 is 9.47 Å². The summed E-state index contributed by atoms with van der Waals surface area (Å²) in [5.41, 5.74) is 2.04. The number of methoxy groups -OCH3 is 1. The molecule has 0 aliphatic rings. The highest BCUT2D eigenvalue weighted by molar-refractivity contribution is 9.10. The first-order valence-corrected chi connectivity index (χ1v) is 11.5. The van der Waals surface area contributed by atoms with Gasteiger partial charge >= 0.3 is 0 Å². The molecule has 33 heavy (non-hydrogen) atoms. The highest BCUT2D eigenvalue weighted by Crippen LogP contribution is 2.31. The fourth-order valence-corrected chi connectivity index (χ4v) is 3.84. The molecule has 3 aromatic carbocycles. The number of ether oxygens (including phenoxy) is 2. The van der Waals surface area contributed by atoms with Gasteiger partial charge in [0.05, 0.1) is 24.2 Å². The van der Waals surface area contributed by atoms with E-state index in [1.54, 1.807) is 19.4 Å². The van der Waals surface area contributed by atoms with Crippen LogP contribution < -0.4 is 15.0 Å². The largest absolute Gasteiger partial charge is 0.493 e. The van der Waals surface area contributed by atoms with Crippen molar-refractivity contribution in [3.63, 3.8) is 0 Å². The maximum atomic E-state index is 13.1. The summed E-state index contributed by atoms with van der Waals surface area (Å²) in [7, 11) is 1.58. The van der Waals surface area contributed by atoms with Gasteiger partial charge in [-0.15, -0.1) is 0 Å². The molecule has 0 N–H and O–H groups in total. The first kappa shape index (κ1) is 23.0. The average Bonchev–Trinajstić information content (AvgIpc) is 2.83. The van der Waals surface area contributed by atoms with Crippen LogP contribution in [0.3, 0.4) is 0 Å². The van der Waals surface area contributed by atoms with Gasteiger partial charge in [0.1, 0.15) is 12.4 Å². The summed E-state index contributed by atoms with van der Waals surface area (Å²) >= 11 is 9.39. The van der Waals surface area contributed by atoms with Crippen molar-refractivity contribution in [2.24, 2.45) is 5.10 Å². The lowest BCUT2D eigenvalue weighted by atomic mass is 10.2. The third kappa shape index (κ3) is 5.10. The molecule has 0 amide bonds. The summed E-state index contributed by atoms with van der Waals surface area (Å²) in [5.74, 6) is 1.66. The molecule has 0 aliphatic heterocycles. The van der Waals surface area contributed by atoms with Crippen LogP contribution in [-0.4, -0.2) is 23.0 Å². The molecule has 0 radical (unpaired) electrons. The Morgan fingerprint density at radius 3 is 2.67 bits per heavy atom. The minimum Gasteiger partial charge on any atom is -0.493 e. The molecule has 4 aromatic rings. The maximum absolute atomic E-state index is 13.1. The molecule has 0 aliphatic carbocycles. The zero-order valence-corrected chi connectivity index (χ0v) is 20.4. The van der Waals surface area contributed by atoms with Crippen molar-refractivity contribution in [3.05, 3.63) is 97.5 Å². The van der Waals surface area contributed by atoms with E-state index in [1.165, 1.54) is 4.68 Å². The van der Waals surface area contributed by atoms with Gasteiger partial charge in [0.15, 0.2) is 11.5 Å². The first-order valence-electron chi connectivity index (χ1n) is 10.3. The molecule has 1 heterocycles. The number of nitrogens with zero attached hydrogens (tertiary/aromatic N) is 3. The number of hydrogen-bond acceptors (Lipinski definition) is 5. The number of aryl methyl sites for hydroxylation is 1. The van der Waals surface area contributed by atoms with Gasteiger partial charge < -0.3 is 9.47 Å². The van der Waals surface area contributed by atoms with Crippen molar-refractivity contribution >= 4 is 44.6 Å². The van der Waals surface area contributed by atoms with Gasteiger partial charge in [0, 0.05) is 21.5 Å². The van der Waals surface area contributed by atoms with Gasteiger partial charge in [-0.1, -0.05) is 52.7 Å². The molecule has 0 saturated carbocycles. The standard InChI is InChI=1S/C25H21BrClN3O3/c1-3-23-29-21-12-9-18(26)13-20(21)25(31)30(23)28-14-17-5-4-6-22(32-2)24(17)33-15-16-7-10-19(27)11-8-16/h4-14H,3,15H2,1-2H3. The van der Waals surface area contributed by atoms with E-state index in [2.05, 4.69) is 26.0 Å². The summed E-state index contributed by atoms with van der Waals surface area (Å²) in [4.78, 5) is 17.8. The number of halogens is 2. The zero-order chi connectivity index (χ0) is 23.4. The van der Waals surface area contributed by atoms with Crippen LogP contribution in [0.1, 0.15) is 23.9 Å². The molecular formula is C25H21BrClN3O3. The highest BCUT2D eigenvalue weighted by Gasteiger charge is 2.12. The smallest absolute Gasteiger partial charge is 0.282 e. The number of hydrogen-bond donors (Lipinski definition) is 0. The Labute approximate surface area is 204 Å². The van der Waals surface area contributed by atoms with Crippen molar-refractivity contribution in [1.82, 2.24) is 9.66 Å². The second kappa shape index (κ2) is 10.2. The molecule has 0 unspecified atom stereocenters. The first-order chi connectivity index (χ1) is 16.0. The van der Waals surface area contributed by atoms with Crippen LogP contribution in [0.25, 0.3) is 10.9 Å². The van der Waals surface area contributed by atoms with Gasteiger partial charge in [0.2, 0.25) is 0 Å². The van der Waals surface area contributed by atoms with Crippen LogP contribution >= 0.6 is 27.5 Å². The molecular weight excluding hydrogens is 506 g/mol. The van der Waals surface area contributed by atoms with E-state index in [-0.39, 0.29) is 5.56 Å². The summed E-state index contributed by atoms with van der Waals surface area (Å²) in [6.45, 7) is 2.26. The van der Waals surface area contributed by atoms with Gasteiger partial charge in [0.25, 0.3) is 5.56 Å². The van der Waals surface area contributed by atoms with E-state index >= 15 is 0 Å². The van der Waals surface area contributed by atoms with Gasteiger partial charge in [-0.3, -0.25) is 4.79 Å².